The van der Waals surface area contributed by atoms with Gasteiger partial charge in [0, 0.05) is 11.7 Å². The first kappa shape index (κ1) is 14.9. The first-order valence-corrected chi connectivity index (χ1v) is 6.68. The number of halogens is 3. The van der Waals surface area contributed by atoms with E-state index < -0.39 is 12.1 Å². The van der Waals surface area contributed by atoms with E-state index in [1.165, 1.54) is 0 Å². The van der Waals surface area contributed by atoms with Crippen LogP contribution < -0.4 is 5.32 Å². The predicted molar refractivity (Wildman–Crippen MR) is 67.3 cm³/mol. The molecular weight excluding hydrogens is 271 g/mol. The van der Waals surface area contributed by atoms with Crippen LogP contribution in [0.25, 0.3) is 0 Å². The molecule has 2 N–H and O–H groups in total. The number of rotatable bonds is 2. The minimum atomic E-state index is -4.12. The Bertz CT molecular complexity index is 468. The fourth-order valence-electron chi connectivity index (χ4n) is 2.71. The number of carbonyl (C=O) groups is 1. The first-order chi connectivity index (χ1) is 9.29. The Balaban J connectivity index is 1.92. The number of carbonyl (C=O) groups excluding carboxylic acids is 1. The molecule has 1 aromatic rings. The number of hydrogen-bond donors (Lipinski definition) is 2. The van der Waals surface area contributed by atoms with Crippen molar-refractivity contribution in [3.05, 3.63) is 17.0 Å². The number of H-pyrrole nitrogens is 1. The average Bonchev–Trinajstić information content (AvgIpc) is 2.68. The van der Waals surface area contributed by atoms with Gasteiger partial charge >= 0.3 is 6.18 Å². The standard InChI is InChI=1S/C13H18F3N3O/c1-7-11(8(2)19-18-7)12(20)17-10-5-3-9(4-6-10)13(14,15)16/h9-10H,3-6H2,1-2H3,(H,17,20)(H,18,19). The summed E-state index contributed by atoms with van der Waals surface area (Å²) in [6.45, 7) is 3.47. The molecule has 1 fully saturated rings. The van der Waals surface area contributed by atoms with Gasteiger partial charge in [-0.3, -0.25) is 9.89 Å². The fraction of sp³-hybridized carbons (Fsp3) is 0.692. The lowest BCUT2D eigenvalue weighted by Gasteiger charge is -2.30. The Morgan fingerprint density at radius 3 is 2.30 bits per heavy atom. The second-order valence-electron chi connectivity index (χ2n) is 5.37. The third-order valence-corrected chi connectivity index (χ3v) is 3.88. The molecule has 1 amide bonds. The van der Waals surface area contributed by atoms with Crippen LogP contribution in [-0.2, 0) is 0 Å². The Labute approximate surface area is 115 Å². The summed E-state index contributed by atoms with van der Waals surface area (Å²) < 4.78 is 37.7. The Morgan fingerprint density at radius 2 is 1.85 bits per heavy atom. The monoisotopic (exact) mass is 289 g/mol. The van der Waals surface area contributed by atoms with Crippen LogP contribution in [-0.4, -0.2) is 28.3 Å². The molecule has 0 aromatic carbocycles. The number of aryl methyl sites for hydroxylation is 2. The quantitative estimate of drug-likeness (QED) is 0.879. The summed E-state index contributed by atoms with van der Waals surface area (Å²) in [6.07, 6.45) is -3.22. The molecule has 112 valence electrons. The summed E-state index contributed by atoms with van der Waals surface area (Å²) in [5, 5.41) is 9.47. The van der Waals surface area contributed by atoms with Crippen LogP contribution in [0.2, 0.25) is 0 Å². The number of aromatic nitrogens is 2. The van der Waals surface area contributed by atoms with Gasteiger partial charge in [0.25, 0.3) is 5.91 Å². The van der Waals surface area contributed by atoms with Crippen molar-refractivity contribution in [2.24, 2.45) is 5.92 Å². The van der Waals surface area contributed by atoms with Crippen molar-refractivity contribution in [2.45, 2.75) is 51.7 Å². The van der Waals surface area contributed by atoms with E-state index >= 15 is 0 Å². The van der Waals surface area contributed by atoms with Crippen LogP contribution >= 0.6 is 0 Å². The molecule has 0 bridgehead atoms. The lowest BCUT2D eigenvalue weighted by atomic mass is 9.85. The van der Waals surface area contributed by atoms with Gasteiger partial charge in [-0.05, 0) is 39.5 Å². The summed E-state index contributed by atoms with van der Waals surface area (Å²) in [6, 6.07) is -0.185. The largest absolute Gasteiger partial charge is 0.391 e. The Kier molecular flexibility index (Phi) is 4.06. The smallest absolute Gasteiger partial charge is 0.349 e. The zero-order chi connectivity index (χ0) is 14.9. The van der Waals surface area contributed by atoms with E-state index in [0.29, 0.717) is 29.8 Å². The van der Waals surface area contributed by atoms with Crippen molar-refractivity contribution in [2.75, 3.05) is 0 Å². The highest BCUT2D eigenvalue weighted by molar-refractivity contribution is 5.96. The minimum absolute atomic E-state index is 0.0811. The van der Waals surface area contributed by atoms with Gasteiger partial charge < -0.3 is 5.32 Å². The van der Waals surface area contributed by atoms with Crippen molar-refractivity contribution in [1.82, 2.24) is 15.5 Å². The summed E-state index contributed by atoms with van der Waals surface area (Å²) >= 11 is 0. The topological polar surface area (TPSA) is 57.8 Å². The summed E-state index contributed by atoms with van der Waals surface area (Å²) in [7, 11) is 0. The maximum Gasteiger partial charge on any atom is 0.391 e. The molecule has 1 heterocycles. The number of aromatic amines is 1. The summed E-state index contributed by atoms with van der Waals surface area (Å²) in [5.74, 6) is -1.49. The highest BCUT2D eigenvalue weighted by Crippen LogP contribution is 2.37. The van der Waals surface area contributed by atoms with E-state index in [4.69, 9.17) is 0 Å². The highest BCUT2D eigenvalue weighted by Gasteiger charge is 2.41. The van der Waals surface area contributed by atoms with Crippen molar-refractivity contribution in [3.8, 4) is 0 Å². The second-order valence-corrected chi connectivity index (χ2v) is 5.37. The van der Waals surface area contributed by atoms with Crippen molar-refractivity contribution < 1.29 is 18.0 Å². The van der Waals surface area contributed by atoms with Gasteiger partial charge in [-0.25, -0.2) is 0 Å². The number of amides is 1. The lowest BCUT2D eigenvalue weighted by molar-refractivity contribution is -0.182. The first-order valence-electron chi connectivity index (χ1n) is 6.68. The number of hydrogen-bond acceptors (Lipinski definition) is 2. The number of nitrogens with zero attached hydrogens (tertiary/aromatic N) is 1. The molecule has 7 heteroatoms. The molecule has 1 aliphatic rings. The maximum absolute atomic E-state index is 12.6. The predicted octanol–water partition coefficient (Wildman–Crippen LogP) is 2.88. The normalized spacial score (nSPS) is 23.6. The van der Waals surface area contributed by atoms with Crippen molar-refractivity contribution in [3.63, 3.8) is 0 Å². The van der Waals surface area contributed by atoms with Gasteiger partial charge in [0.2, 0.25) is 0 Å². The van der Waals surface area contributed by atoms with Crippen LogP contribution in [0.4, 0.5) is 13.2 Å². The van der Waals surface area contributed by atoms with Crippen LogP contribution in [0.3, 0.4) is 0 Å². The molecule has 0 unspecified atom stereocenters. The van der Waals surface area contributed by atoms with Gasteiger partial charge in [0.1, 0.15) is 0 Å². The van der Waals surface area contributed by atoms with Gasteiger partial charge in [0.05, 0.1) is 17.2 Å². The molecule has 2 rings (SSSR count). The SMILES string of the molecule is Cc1n[nH]c(C)c1C(=O)NC1CCC(C(F)(F)F)CC1. The summed E-state index contributed by atoms with van der Waals surface area (Å²) in [4.78, 5) is 12.1. The van der Waals surface area contributed by atoms with Crippen LogP contribution in [0.5, 0.6) is 0 Å². The zero-order valence-electron chi connectivity index (χ0n) is 11.5. The second kappa shape index (κ2) is 5.46. The number of nitrogens with one attached hydrogen (secondary N) is 2. The molecule has 0 saturated heterocycles. The minimum Gasteiger partial charge on any atom is -0.349 e. The zero-order valence-corrected chi connectivity index (χ0v) is 11.5. The van der Waals surface area contributed by atoms with Crippen LogP contribution in [0.15, 0.2) is 0 Å². The molecule has 4 nitrogen and oxygen atoms in total. The molecule has 0 atom stereocenters. The van der Waals surface area contributed by atoms with Gasteiger partial charge in [-0.15, -0.1) is 0 Å². The third-order valence-electron chi connectivity index (χ3n) is 3.88. The molecule has 0 spiro atoms. The molecule has 1 aliphatic carbocycles. The fourth-order valence-corrected chi connectivity index (χ4v) is 2.71. The third kappa shape index (κ3) is 3.13. The van der Waals surface area contributed by atoms with Crippen molar-refractivity contribution >= 4 is 5.91 Å². The van der Waals surface area contributed by atoms with E-state index in [0.717, 1.165) is 0 Å². The van der Waals surface area contributed by atoms with E-state index in [1.54, 1.807) is 13.8 Å². The lowest BCUT2D eigenvalue weighted by Crippen LogP contribution is -2.40. The average molecular weight is 289 g/mol. The Hall–Kier alpha value is -1.53. The van der Waals surface area contributed by atoms with Gasteiger partial charge in [0.15, 0.2) is 0 Å². The van der Waals surface area contributed by atoms with E-state index in [9.17, 15) is 18.0 Å². The Morgan fingerprint density at radius 1 is 1.25 bits per heavy atom. The van der Waals surface area contributed by atoms with Crippen LogP contribution in [0, 0.1) is 19.8 Å². The van der Waals surface area contributed by atoms with Gasteiger partial charge in [-0.1, -0.05) is 0 Å². The molecule has 1 saturated carbocycles. The van der Waals surface area contributed by atoms with Gasteiger partial charge in [-0.2, -0.15) is 18.3 Å². The van der Waals surface area contributed by atoms with Crippen molar-refractivity contribution in [1.29, 1.82) is 0 Å². The van der Waals surface area contributed by atoms with Crippen LogP contribution in [0.1, 0.15) is 47.4 Å². The molecule has 1 aromatic heterocycles. The van der Waals surface area contributed by atoms with E-state index in [-0.39, 0.29) is 24.8 Å². The number of alkyl halides is 3. The summed E-state index contributed by atoms with van der Waals surface area (Å²) in [5.41, 5.74) is 1.76. The highest BCUT2D eigenvalue weighted by atomic mass is 19.4. The van der Waals surface area contributed by atoms with E-state index in [1.807, 2.05) is 0 Å². The molecule has 20 heavy (non-hydrogen) atoms. The molecule has 0 aliphatic heterocycles. The van der Waals surface area contributed by atoms with E-state index in [2.05, 4.69) is 15.5 Å². The molecule has 0 radical (unpaired) electrons. The molecular formula is C13H18F3N3O. The maximum atomic E-state index is 12.6.